The maximum atomic E-state index is 12.1. The standard InChI is InChI=1S/C21H24F3NO4/c1-3-15-13-17(26)12-14(2)19(15)28-11-5-4-10-25-20(27)16-6-8-18(9-7-16)29-21(22,23)24/h6-9,12-13,26H,3-5,10-11H2,1-2H3,(H,25,27). The molecular weight excluding hydrogens is 387 g/mol. The summed E-state index contributed by atoms with van der Waals surface area (Å²) in [5.41, 5.74) is 2.06. The normalized spacial score (nSPS) is 11.2. The van der Waals surface area contributed by atoms with E-state index in [0.29, 0.717) is 26.0 Å². The van der Waals surface area contributed by atoms with E-state index in [0.717, 1.165) is 35.4 Å². The first-order valence-corrected chi connectivity index (χ1v) is 9.29. The van der Waals surface area contributed by atoms with E-state index < -0.39 is 6.36 Å². The fraction of sp³-hybridized carbons (Fsp3) is 0.381. The van der Waals surface area contributed by atoms with Crippen LogP contribution in [0.15, 0.2) is 36.4 Å². The number of halogens is 3. The van der Waals surface area contributed by atoms with Gasteiger partial charge >= 0.3 is 6.36 Å². The maximum Gasteiger partial charge on any atom is 0.573 e. The molecule has 5 nitrogen and oxygen atoms in total. The van der Waals surface area contributed by atoms with Gasteiger partial charge in [0.15, 0.2) is 0 Å². The van der Waals surface area contributed by atoms with Crippen molar-refractivity contribution in [3.8, 4) is 17.2 Å². The molecule has 8 heteroatoms. The third-order valence-corrected chi connectivity index (χ3v) is 4.17. The van der Waals surface area contributed by atoms with Crippen molar-refractivity contribution in [2.45, 2.75) is 39.5 Å². The van der Waals surface area contributed by atoms with Crippen molar-refractivity contribution in [2.24, 2.45) is 0 Å². The summed E-state index contributed by atoms with van der Waals surface area (Å²) >= 11 is 0. The lowest BCUT2D eigenvalue weighted by Crippen LogP contribution is -2.24. The molecule has 0 saturated heterocycles. The lowest BCUT2D eigenvalue weighted by atomic mass is 10.1. The Labute approximate surface area is 167 Å². The number of phenols is 1. The Morgan fingerprint density at radius 2 is 1.83 bits per heavy atom. The van der Waals surface area contributed by atoms with Gasteiger partial charge in [0.1, 0.15) is 17.2 Å². The molecule has 0 bridgehead atoms. The summed E-state index contributed by atoms with van der Waals surface area (Å²) in [7, 11) is 0. The second-order valence-electron chi connectivity index (χ2n) is 6.49. The minimum Gasteiger partial charge on any atom is -0.508 e. The maximum absolute atomic E-state index is 12.1. The number of rotatable bonds is 9. The molecule has 0 aliphatic heterocycles. The van der Waals surface area contributed by atoms with Gasteiger partial charge in [-0.2, -0.15) is 0 Å². The van der Waals surface area contributed by atoms with Gasteiger partial charge in [-0.3, -0.25) is 4.79 Å². The highest BCUT2D eigenvalue weighted by Crippen LogP contribution is 2.29. The van der Waals surface area contributed by atoms with Crippen molar-refractivity contribution in [1.29, 1.82) is 0 Å². The van der Waals surface area contributed by atoms with Crippen molar-refractivity contribution in [3.05, 3.63) is 53.1 Å². The summed E-state index contributed by atoms with van der Waals surface area (Å²) in [6.45, 7) is 4.74. The number of nitrogens with one attached hydrogen (secondary N) is 1. The van der Waals surface area contributed by atoms with Crippen LogP contribution in [0, 0.1) is 6.92 Å². The van der Waals surface area contributed by atoms with E-state index in [4.69, 9.17) is 4.74 Å². The van der Waals surface area contributed by atoms with Crippen molar-refractivity contribution in [1.82, 2.24) is 5.32 Å². The molecule has 2 N–H and O–H groups in total. The molecule has 2 aromatic rings. The number of hydrogen-bond acceptors (Lipinski definition) is 4. The number of unbranched alkanes of at least 4 members (excludes halogenated alkanes) is 1. The highest BCUT2D eigenvalue weighted by atomic mass is 19.4. The van der Waals surface area contributed by atoms with Gasteiger partial charge in [-0.15, -0.1) is 13.2 Å². The van der Waals surface area contributed by atoms with Gasteiger partial charge in [0.25, 0.3) is 5.91 Å². The van der Waals surface area contributed by atoms with Gasteiger partial charge < -0.3 is 19.9 Å². The minimum atomic E-state index is -4.76. The molecule has 0 fully saturated rings. The Balaban J connectivity index is 1.72. The molecule has 0 unspecified atom stereocenters. The van der Waals surface area contributed by atoms with Crippen LogP contribution in [0.2, 0.25) is 0 Å². The van der Waals surface area contributed by atoms with Gasteiger partial charge in [-0.25, -0.2) is 0 Å². The monoisotopic (exact) mass is 411 g/mol. The number of amides is 1. The predicted molar refractivity (Wildman–Crippen MR) is 102 cm³/mol. The molecule has 0 saturated carbocycles. The van der Waals surface area contributed by atoms with Gasteiger partial charge in [0.05, 0.1) is 6.61 Å². The minimum absolute atomic E-state index is 0.215. The van der Waals surface area contributed by atoms with Crippen LogP contribution < -0.4 is 14.8 Å². The largest absolute Gasteiger partial charge is 0.573 e. The van der Waals surface area contributed by atoms with Crippen molar-refractivity contribution in [2.75, 3.05) is 13.2 Å². The smallest absolute Gasteiger partial charge is 0.508 e. The summed E-state index contributed by atoms with van der Waals surface area (Å²) < 4.78 is 46.0. The van der Waals surface area contributed by atoms with Crippen LogP contribution in [-0.2, 0) is 6.42 Å². The summed E-state index contributed by atoms with van der Waals surface area (Å²) in [4.78, 5) is 12.0. The van der Waals surface area contributed by atoms with Crippen molar-refractivity contribution >= 4 is 5.91 Å². The predicted octanol–water partition coefficient (Wildman–Crippen LogP) is 4.75. The molecule has 0 radical (unpaired) electrons. The van der Waals surface area contributed by atoms with Crippen molar-refractivity contribution < 1.29 is 32.5 Å². The zero-order chi connectivity index (χ0) is 21.4. The van der Waals surface area contributed by atoms with E-state index in [1.54, 1.807) is 12.1 Å². The zero-order valence-corrected chi connectivity index (χ0v) is 16.3. The number of ether oxygens (including phenoxy) is 2. The second-order valence-corrected chi connectivity index (χ2v) is 6.49. The molecule has 2 rings (SSSR count). The fourth-order valence-electron chi connectivity index (χ4n) is 2.81. The molecule has 0 aliphatic rings. The third kappa shape index (κ3) is 7.21. The van der Waals surface area contributed by atoms with E-state index in [9.17, 15) is 23.1 Å². The average molecular weight is 411 g/mol. The molecule has 0 aromatic heterocycles. The number of aryl methyl sites for hydroxylation is 2. The Morgan fingerprint density at radius 3 is 2.45 bits per heavy atom. The molecular formula is C21H24F3NO4. The van der Waals surface area contributed by atoms with E-state index in [1.165, 1.54) is 12.1 Å². The number of benzene rings is 2. The Kier molecular flexibility index (Phi) is 7.75. The first-order chi connectivity index (χ1) is 13.7. The van der Waals surface area contributed by atoms with Gasteiger partial charge in [-0.1, -0.05) is 6.92 Å². The summed E-state index contributed by atoms with van der Waals surface area (Å²) in [5, 5.41) is 12.4. The number of alkyl halides is 3. The highest BCUT2D eigenvalue weighted by molar-refractivity contribution is 5.94. The van der Waals surface area contributed by atoms with Crippen LogP contribution in [0.3, 0.4) is 0 Å². The molecule has 0 heterocycles. The van der Waals surface area contributed by atoms with Crippen molar-refractivity contribution in [3.63, 3.8) is 0 Å². The third-order valence-electron chi connectivity index (χ3n) is 4.17. The van der Waals surface area contributed by atoms with Crippen LogP contribution >= 0.6 is 0 Å². The van der Waals surface area contributed by atoms with Crippen LogP contribution in [-0.4, -0.2) is 30.5 Å². The Bertz CT molecular complexity index is 820. The van der Waals surface area contributed by atoms with E-state index >= 15 is 0 Å². The van der Waals surface area contributed by atoms with E-state index in [1.807, 2.05) is 13.8 Å². The molecule has 0 aliphatic carbocycles. The van der Waals surface area contributed by atoms with Crippen LogP contribution in [0.25, 0.3) is 0 Å². The lowest BCUT2D eigenvalue weighted by Gasteiger charge is -2.14. The highest BCUT2D eigenvalue weighted by Gasteiger charge is 2.31. The van der Waals surface area contributed by atoms with Gasteiger partial charge in [0, 0.05) is 12.1 Å². The molecule has 29 heavy (non-hydrogen) atoms. The number of carbonyl (C=O) groups is 1. The molecule has 1 amide bonds. The zero-order valence-electron chi connectivity index (χ0n) is 16.3. The summed E-state index contributed by atoms with van der Waals surface area (Å²) in [5.74, 6) is 0.247. The van der Waals surface area contributed by atoms with Crippen LogP contribution in [0.4, 0.5) is 13.2 Å². The topological polar surface area (TPSA) is 67.8 Å². The molecule has 0 atom stereocenters. The first kappa shape index (κ1) is 22.4. The van der Waals surface area contributed by atoms with Crippen LogP contribution in [0.5, 0.6) is 17.2 Å². The van der Waals surface area contributed by atoms with E-state index in [2.05, 4.69) is 10.1 Å². The summed E-state index contributed by atoms with van der Waals surface area (Å²) in [6, 6.07) is 8.09. The number of hydrogen-bond donors (Lipinski definition) is 2. The second kappa shape index (κ2) is 10.0. The molecule has 158 valence electrons. The Hall–Kier alpha value is -2.90. The number of phenolic OH excluding ortho intramolecular Hbond substituents is 1. The average Bonchev–Trinajstić information content (AvgIpc) is 2.64. The van der Waals surface area contributed by atoms with Gasteiger partial charge in [-0.05, 0) is 73.7 Å². The van der Waals surface area contributed by atoms with Crippen LogP contribution in [0.1, 0.15) is 41.3 Å². The lowest BCUT2D eigenvalue weighted by molar-refractivity contribution is -0.274. The number of carbonyl (C=O) groups excluding carboxylic acids is 1. The van der Waals surface area contributed by atoms with Gasteiger partial charge in [0.2, 0.25) is 0 Å². The SMILES string of the molecule is CCc1cc(O)cc(C)c1OCCCCNC(=O)c1ccc(OC(F)(F)F)cc1. The van der Waals surface area contributed by atoms with E-state index in [-0.39, 0.29) is 23.0 Å². The Morgan fingerprint density at radius 1 is 1.14 bits per heavy atom. The quantitative estimate of drug-likeness (QED) is 0.585. The fourth-order valence-corrected chi connectivity index (χ4v) is 2.81. The summed E-state index contributed by atoms with van der Waals surface area (Å²) in [6.07, 6.45) is -2.63. The molecule has 2 aromatic carbocycles. The number of aromatic hydroxyl groups is 1. The molecule has 0 spiro atoms. The first-order valence-electron chi connectivity index (χ1n) is 9.29.